The van der Waals surface area contributed by atoms with E-state index in [2.05, 4.69) is 20.3 Å². The number of likely N-dealkylation sites (tertiary alicyclic amines) is 1. The van der Waals surface area contributed by atoms with Gasteiger partial charge in [0, 0.05) is 50.0 Å². The van der Waals surface area contributed by atoms with Crippen molar-refractivity contribution in [1.29, 1.82) is 0 Å². The smallest absolute Gasteiger partial charge is 0.277 e. The second-order valence-corrected chi connectivity index (χ2v) is 15.1. The van der Waals surface area contributed by atoms with Gasteiger partial charge in [0.1, 0.15) is 48.7 Å². The SMILES string of the molecule is CCn1c(CNC(=O)c2nc3c(Cl)c[nH]c3nc2N)[n+](CC)c2ccc(C(=O)N3CCC(N(CC(O)C(O)C(O)C(O)CO)CC(O)C(O)C(O)C(O)CO)CC3)cc21. The molecule has 3 aromatic heterocycles. The highest BCUT2D eigenvalue weighted by atomic mass is 35.5. The standard InChI is InChI=1S/C37H54ClN9O12/c1-3-46-21-6-5-18(11-22(21)47(4-2)27(46)13-41-36(58)29-34(39)43-35-28(42-29)20(38)12-40-35)37(59)44-9-7-19(8-10-44)45(14-23(50)30(54)32(56)25(52)16-48)15-24(51)31(55)33(57)26(53)17-49/h5-6,11-12,19,23-26,30-33,48-57H,3-4,7-10,13-17H2,1-2H3,(H3-,39,40,41,42,43,58)/p+1. The van der Waals surface area contributed by atoms with Crippen LogP contribution in [0.1, 0.15) is 53.4 Å². The zero-order valence-electron chi connectivity index (χ0n) is 32.7. The van der Waals surface area contributed by atoms with Gasteiger partial charge >= 0.3 is 0 Å². The van der Waals surface area contributed by atoms with Crippen molar-refractivity contribution in [2.24, 2.45) is 0 Å². The van der Waals surface area contributed by atoms with Gasteiger partial charge in [0.2, 0.25) is 0 Å². The third kappa shape index (κ3) is 9.93. The van der Waals surface area contributed by atoms with Crippen LogP contribution in [0.5, 0.6) is 0 Å². The number of aliphatic hydroxyl groups is 10. The third-order valence-electron chi connectivity index (χ3n) is 10.9. The van der Waals surface area contributed by atoms with Gasteiger partial charge in [-0.1, -0.05) is 11.6 Å². The molecule has 1 saturated heterocycles. The largest absolute Gasteiger partial charge is 0.394 e. The van der Waals surface area contributed by atoms with Crippen molar-refractivity contribution in [3.63, 3.8) is 0 Å². The number of amides is 2. The molecule has 326 valence electrons. The number of nitrogens with two attached hydrogens (primary N) is 1. The fourth-order valence-corrected chi connectivity index (χ4v) is 7.75. The number of benzene rings is 1. The molecular weight excluding hydrogens is 798 g/mol. The number of hydrogen-bond acceptors (Lipinski definition) is 16. The summed E-state index contributed by atoms with van der Waals surface area (Å²) in [5, 5.41) is 104. The number of aromatic nitrogens is 5. The van der Waals surface area contributed by atoms with E-state index < -0.39 is 87.1 Å². The number of carbonyl (C=O) groups excluding carboxylic acids is 2. The number of nitrogens with one attached hydrogen (secondary N) is 2. The molecular formula is C37H55ClN9O12+. The normalized spacial score (nSPS) is 18.2. The van der Waals surface area contributed by atoms with Crippen LogP contribution >= 0.6 is 11.6 Å². The van der Waals surface area contributed by atoms with Crippen LogP contribution in [0.4, 0.5) is 5.82 Å². The highest BCUT2D eigenvalue weighted by Crippen LogP contribution is 2.25. The van der Waals surface area contributed by atoms with Crippen molar-refractivity contribution in [2.45, 2.75) is 101 Å². The first-order valence-corrected chi connectivity index (χ1v) is 19.8. The predicted octanol–water partition coefficient (Wildman–Crippen LogP) is -3.82. The number of nitrogens with zero attached hydrogens (tertiary/aromatic N) is 6. The fourth-order valence-electron chi connectivity index (χ4n) is 7.56. The summed E-state index contributed by atoms with van der Waals surface area (Å²) in [6, 6.07) is 4.88. The van der Waals surface area contributed by atoms with Crippen LogP contribution in [-0.2, 0) is 19.6 Å². The van der Waals surface area contributed by atoms with Gasteiger partial charge in [-0.15, -0.1) is 0 Å². The molecule has 4 aromatic rings. The zero-order chi connectivity index (χ0) is 43.3. The molecule has 8 atom stereocenters. The molecule has 0 saturated carbocycles. The molecule has 1 aromatic carbocycles. The molecule has 21 nitrogen and oxygen atoms in total. The number of piperidine rings is 1. The number of aryl methyl sites for hydroxylation is 2. The summed E-state index contributed by atoms with van der Waals surface area (Å²) in [6.45, 7) is 2.93. The van der Waals surface area contributed by atoms with Gasteiger partial charge in [0.25, 0.3) is 17.6 Å². The summed E-state index contributed by atoms with van der Waals surface area (Å²) < 4.78 is 4.02. The van der Waals surface area contributed by atoms with Crippen molar-refractivity contribution in [2.75, 3.05) is 45.1 Å². The van der Waals surface area contributed by atoms with E-state index in [-0.39, 0.29) is 37.1 Å². The Morgan fingerprint density at radius 2 is 1.51 bits per heavy atom. The fraction of sp³-hybridized carbons (Fsp3) is 0.595. The van der Waals surface area contributed by atoms with Gasteiger partial charge in [-0.25, -0.2) is 19.1 Å². The van der Waals surface area contributed by atoms with Crippen molar-refractivity contribution >= 4 is 51.4 Å². The van der Waals surface area contributed by atoms with Crippen LogP contribution < -0.4 is 15.6 Å². The maximum Gasteiger partial charge on any atom is 0.277 e. The van der Waals surface area contributed by atoms with Crippen LogP contribution in [0.3, 0.4) is 0 Å². The zero-order valence-corrected chi connectivity index (χ0v) is 33.5. The lowest BCUT2D eigenvalue weighted by molar-refractivity contribution is -0.676. The van der Waals surface area contributed by atoms with E-state index in [0.29, 0.717) is 47.7 Å². The first kappa shape index (κ1) is 46.0. The van der Waals surface area contributed by atoms with Gasteiger partial charge in [0.15, 0.2) is 28.2 Å². The molecule has 59 heavy (non-hydrogen) atoms. The van der Waals surface area contributed by atoms with E-state index in [1.165, 1.54) is 11.1 Å². The number of halogens is 1. The number of aromatic amines is 1. The number of anilines is 1. The summed E-state index contributed by atoms with van der Waals surface area (Å²) in [4.78, 5) is 41.7. The topological polar surface area (TPSA) is 331 Å². The number of H-pyrrole nitrogens is 1. The Hall–Kier alpha value is -4.10. The molecule has 1 aliphatic heterocycles. The first-order chi connectivity index (χ1) is 28.1. The van der Waals surface area contributed by atoms with Crippen LogP contribution in [0.25, 0.3) is 22.2 Å². The molecule has 0 radical (unpaired) electrons. The van der Waals surface area contributed by atoms with E-state index in [0.717, 1.165) is 16.9 Å². The molecule has 0 spiro atoms. The summed E-state index contributed by atoms with van der Waals surface area (Å²) in [7, 11) is 0. The molecule has 1 aliphatic rings. The van der Waals surface area contributed by atoms with Crippen molar-refractivity contribution in [3.05, 3.63) is 46.5 Å². The Morgan fingerprint density at radius 1 is 0.932 bits per heavy atom. The number of carbonyl (C=O) groups is 2. The second-order valence-electron chi connectivity index (χ2n) is 14.7. The molecule has 8 unspecified atom stereocenters. The van der Waals surface area contributed by atoms with E-state index >= 15 is 0 Å². The molecule has 5 rings (SSSR count). The minimum Gasteiger partial charge on any atom is -0.394 e. The molecule has 0 bridgehead atoms. The van der Waals surface area contributed by atoms with E-state index in [9.17, 15) is 60.7 Å². The Morgan fingerprint density at radius 3 is 2.05 bits per heavy atom. The quantitative estimate of drug-likeness (QED) is 0.0402. The number of hydrogen-bond donors (Lipinski definition) is 13. The van der Waals surface area contributed by atoms with Crippen LogP contribution in [0.2, 0.25) is 5.02 Å². The van der Waals surface area contributed by atoms with Crippen LogP contribution in [-0.4, -0.2) is 186 Å². The number of aliphatic hydroxyl groups excluding tert-OH is 10. The Kier molecular flexibility index (Phi) is 15.6. The number of rotatable bonds is 19. The summed E-state index contributed by atoms with van der Waals surface area (Å²) in [5.41, 5.74) is 8.63. The monoisotopic (exact) mass is 852 g/mol. The number of fused-ring (bicyclic) bond motifs is 2. The minimum atomic E-state index is -1.92. The van der Waals surface area contributed by atoms with Gasteiger partial charge in [-0.2, -0.15) is 0 Å². The molecule has 1 fully saturated rings. The molecule has 2 amide bonds. The lowest BCUT2D eigenvalue weighted by Crippen LogP contribution is -2.56. The summed E-state index contributed by atoms with van der Waals surface area (Å²) in [5.74, 6) is -0.118. The molecule has 0 aliphatic carbocycles. The van der Waals surface area contributed by atoms with Gasteiger partial charge < -0.3 is 72.0 Å². The van der Waals surface area contributed by atoms with E-state index in [1.54, 1.807) is 17.0 Å². The van der Waals surface area contributed by atoms with Gasteiger partial charge in [-0.05, 0) is 38.8 Å². The van der Waals surface area contributed by atoms with Crippen LogP contribution in [0.15, 0.2) is 24.4 Å². The highest BCUT2D eigenvalue weighted by molar-refractivity contribution is 6.35. The van der Waals surface area contributed by atoms with Crippen molar-refractivity contribution in [1.82, 2.24) is 34.6 Å². The highest BCUT2D eigenvalue weighted by Gasteiger charge is 2.38. The molecule has 22 heteroatoms. The lowest BCUT2D eigenvalue weighted by Gasteiger charge is -2.41. The van der Waals surface area contributed by atoms with Crippen molar-refractivity contribution in [3.8, 4) is 0 Å². The average molecular weight is 853 g/mol. The summed E-state index contributed by atoms with van der Waals surface area (Å²) in [6.07, 6.45) is -12.5. The van der Waals surface area contributed by atoms with Gasteiger partial charge in [0.05, 0.1) is 43.5 Å². The van der Waals surface area contributed by atoms with E-state index in [1.807, 2.05) is 29.0 Å². The Balaban J connectivity index is 1.31. The van der Waals surface area contributed by atoms with Crippen molar-refractivity contribution < 1.29 is 65.2 Å². The Bertz CT molecular complexity index is 2030. The first-order valence-electron chi connectivity index (χ1n) is 19.4. The maximum atomic E-state index is 14.0. The van der Waals surface area contributed by atoms with Gasteiger partial charge in [-0.3, -0.25) is 14.5 Å². The Labute approximate surface area is 343 Å². The molecule has 14 N–H and O–H groups in total. The second kappa shape index (κ2) is 20.0. The predicted molar refractivity (Wildman–Crippen MR) is 211 cm³/mol. The van der Waals surface area contributed by atoms with E-state index in [4.69, 9.17) is 17.3 Å². The average Bonchev–Trinajstić information content (AvgIpc) is 3.77. The maximum absolute atomic E-state index is 14.0. The number of nitrogen functional groups attached to an aromatic ring is 1. The third-order valence-corrected chi connectivity index (χ3v) is 11.2. The lowest BCUT2D eigenvalue weighted by atomic mass is 9.97. The summed E-state index contributed by atoms with van der Waals surface area (Å²) >= 11 is 6.18. The molecule has 4 heterocycles. The number of imidazole rings is 1. The van der Waals surface area contributed by atoms with Crippen LogP contribution in [0, 0.1) is 0 Å². The minimum absolute atomic E-state index is 0.0646.